The van der Waals surface area contributed by atoms with Gasteiger partial charge in [0.25, 0.3) is 10.0 Å². The standard InChI is InChI=1S/C15H13FN2O3S2/c1-2-18-13-8-7-10(9-14(13)22-15(18)19)23(20,21)17-12-6-4-3-5-11(12)16/h3-9,17H,2H2,1H3. The SMILES string of the molecule is CCn1c(=O)sc2cc(S(=O)(=O)Nc3ccccc3F)ccc21. The van der Waals surface area contributed by atoms with Crippen molar-refractivity contribution in [3.63, 3.8) is 0 Å². The van der Waals surface area contributed by atoms with Gasteiger partial charge in [-0.3, -0.25) is 14.1 Å². The number of sulfonamides is 1. The van der Waals surface area contributed by atoms with Crippen LogP contribution in [-0.2, 0) is 16.6 Å². The van der Waals surface area contributed by atoms with Crippen LogP contribution in [0.2, 0.25) is 0 Å². The minimum absolute atomic E-state index is 0.0160. The minimum atomic E-state index is -3.93. The molecule has 0 amide bonds. The number of hydrogen-bond acceptors (Lipinski definition) is 4. The van der Waals surface area contributed by atoms with Crippen molar-refractivity contribution < 1.29 is 12.8 Å². The van der Waals surface area contributed by atoms with Crippen LogP contribution in [0.1, 0.15) is 6.92 Å². The molecular weight excluding hydrogens is 339 g/mol. The lowest BCUT2D eigenvalue weighted by Gasteiger charge is -2.09. The summed E-state index contributed by atoms with van der Waals surface area (Å²) in [6.07, 6.45) is 0. The molecule has 0 bridgehead atoms. The fraction of sp³-hybridized carbons (Fsp3) is 0.133. The second kappa shape index (κ2) is 5.78. The number of anilines is 1. The highest BCUT2D eigenvalue weighted by atomic mass is 32.2. The summed E-state index contributed by atoms with van der Waals surface area (Å²) in [5, 5.41) is 0. The van der Waals surface area contributed by atoms with Gasteiger partial charge < -0.3 is 0 Å². The normalized spacial score (nSPS) is 11.7. The van der Waals surface area contributed by atoms with Crippen molar-refractivity contribution in [1.29, 1.82) is 0 Å². The van der Waals surface area contributed by atoms with E-state index < -0.39 is 15.8 Å². The monoisotopic (exact) mass is 352 g/mol. The van der Waals surface area contributed by atoms with E-state index >= 15 is 0 Å². The highest BCUT2D eigenvalue weighted by Gasteiger charge is 2.18. The summed E-state index contributed by atoms with van der Waals surface area (Å²) in [5.41, 5.74) is 0.569. The highest BCUT2D eigenvalue weighted by molar-refractivity contribution is 7.92. The molecule has 0 spiro atoms. The number of benzene rings is 2. The van der Waals surface area contributed by atoms with Gasteiger partial charge in [-0.2, -0.15) is 0 Å². The van der Waals surface area contributed by atoms with Crippen LogP contribution in [0.25, 0.3) is 10.2 Å². The summed E-state index contributed by atoms with van der Waals surface area (Å²) in [4.78, 5) is 11.7. The van der Waals surface area contributed by atoms with Crippen molar-refractivity contribution in [1.82, 2.24) is 4.57 Å². The molecule has 1 aromatic heterocycles. The van der Waals surface area contributed by atoms with Crippen molar-refractivity contribution in [2.24, 2.45) is 0 Å². The van der Waals surface area contributed by atoms with Crippen LogP contribution in [0.4, 0.5) is 10.1 Å². The number of para-hydroxylation sites is 1. The number of rotatable bonds is 4. The Morgan fingerprint density at radius 2 is 1.96 bits per heavy atom. The number of aromatic nitrogens is 1. The van der Waals surface area contributed by atoms with E-state index in [1.807, 2.05) is 6.92 Å². The molecule has 0 unspecified atom stereocenters. The lowest BCUT2D eigenvalue weighted by atomic mass is 10.3. The molecule has 1 heterocycles. The third-order valence-corrected chi connectivity index (χ3v) is 5.69. The molecule has 3 aromatic rings. The van der Waals surface area contributed by atoms with Gasteiger partial charge in [-0.1, -0.05) is 23.5 Å². The average Bonchev–Trinajstić information content (AvgIpc) is 2.83. The summed E-state index contributed by atoms with van der Waals surface area (Å²) < 4.78 is 42.8. The lowest BCUT2D eigenvalue weighted by Crippen LogP contribution is -2.14. The maximum Gasteiger partial charge on any atom is 0.308 e. The molecule has 0 fully saturated rings. The Balaban J connectivity index is 2.05. The van der Waals surface area contributed by atoms with Crippen LogP contribution < -0.4 is 9.60 Å². The third-order valence-electron chi connectivity index (χ3n) is 3.38. The second-order valence-electron chi connectivity index (χ2n) is 4.83. The maximum atomic E-state index is 13.6. The first-order valence-electron chi connectivity index (χ1n) is 6.83. The van der Waals surface area contributed by atoms with Gasteiger partial charge in [0.05, 0.1) is 20.8 Å². The van der Waals surface area contributed by atoms with E-state index in [1.165, 1.54) is 36.4 Å². The minimum Gasteiger partial charge on any atom is -0.299 e. The Kier molecular flexibility index (Phi) is 3.95. The summed E-state index contributed by atoms with van der Waals surface area (Å²) >= 11 is 0.984. The van der Waals surface area contributed by atoms with E-state index in [-0.39, 0.29) is 15.5 Å². The van der Waals surface area contributed by atoms with Gasteiger partial charge in [0, 0.05) is 6.54 Å². The number of nitrogens with zero attached hydrogens (tertiary/aromatic N) is 1. The molecule has 0 saturated heterocycles. The van der Waals surface area contributed by atoms with Gasteiger partial charge in [0.1, 0.15) is 5.82 Å². The molecule has 0 saturated carbocycles. The molecule has 120 valence electrons. The smallest absolute Gasteiger partial charge is 0.299 e. The Morgan fingerprint density at radius 1 is 1.22 bits per heavy atom. The molecule has 1 N–H and O–H groups in total. The second-order valence-corrected chi connectivity index (χ2v) is 7.50. The predicted octanol–water partition coefficient (Wildman–Crippen LogP) is 3.02. The molecule has 0 aliphatic heterocycles. The van der Waals surface area contributed by atoms with Crippen molar-refractivity contribution in [2.75, 3.05) is 4.72 Å². The van der Waals surface area contributed by atoms with E-state index in [0.29, 0.717) is 16.8 Å². The fourth-order valence-electron chi connectivity index (χ4n) is 2.26. The Labute approximate surface area is 136 Å². The van der Waals surface area contributed by atoms with E-state index in [0.717, 1.165) is 11.3 Å². The van der Waals surface area contributed by atoms with Crippen molar-refractivity contribution in [3.8, 4) is 0 Å². The van der Waals surface area contributed by atoms with E-state index in [1.54, 1.807) is 10.6 Å². The molecule has 23 heavy (non-hydrogen) atoms. The molecule has 0 atom stereocenters. The fourth-order valence-corrected chi connectivity index (χ4v) is 4.42. The molecule has 3 rings (SSSR count). The molecule has 0 radical (unpaired) electrons. The van der Waals surface area contributed by atoms with Gasteiger partial charge in [-0.05, 0) is 37.3 Å². The lowest BCUT2D eigenvalue weighted by molar-refractivity contribution is 0.598. The van der Waals surface area contributed by atoms with Crippen molar-refractivity contribution in [2.45, 2.75) is 18.4 Å². The first-order chi connectivity index (χ1) is 10.9. The van der Waals surface area contributed by atoms with Crippen LogP contribution in [0.5, 0.6) is 0 Å². The van der Waals surface area contributed by atoms with Crippen LogP contribution in [0.3, 0.4) is 0 Å². The van der Waals surface area contributed by atoms with E-state index in [4.69, 9.17) is 0 Å². The van der Waals surface area contributed by atoms with Crippen LogP contribution in [-0.4, -0.2) is 13.0 Å². The van der Waals surface area contributed by atoms with Gasteiger partial charge in [0.2, 0.25) is 0 Å². The molecule has 5 nitrogen and oxygen atoms in total. The molecular formula is C15H13FN2O3S2. The third kappa shape index (κ3) is 2.87. The molecule has 0 aliphatic carbocycles. The highest BCUT2D eigenvalue weighted by Crippen LogP contribution is 2.24. The summed E-state index contributed by atoms with van der Waals surface area (Å²) in [6, 6.07) is 9.96. The van der Waals surface area contributed by atoms with Gasteiger partial charge in [-0.15, -0.1) is 0 Å². The summed E-state index contributed by atoms with van der Waals surface area (Å²) in [7, 11) is -3.93. The molecule has 0 aliphatic rings. The van der Waals surface area contributed by atoms with Crippen molar-refractivity contribution >= 4 is 37.3 Å². The Morgan fingerprint density at radius 3 is 2.65 bits per heavy atom. The van der Waals surface area contributed by atoms with Crippen molar-refractivity contribution in [3.05, 3.63) is 57.9 Å². The zero-order chi connectivity index (χ0) is 16.6. The van der Waals surface area contributed by atoms with E-state index in [9.17, 15) is 17.6 Å². The topological polar surface area (TPSA) is 68.2 Å². The zero-order valence-corrected chi connectivity index (χ0v) is 13.7. The number of hydrogen-bond donors (Lipinski definition) is 1. The van der Waals surface area contributed by atoms with Gasteiger partial charge in [-0.25, -0.2) is 12.8 Å². The number of thiazole rings is 1. The Bertz CT molecular complexity index is 1040. The van der Waals surface area contributed by atoms with Gasteiger partial charge >= 0.3 is 4.87 Å². The largest absolute Gasteiger partial charge is 0.308 e. The van der Waals surface area contributed by atoms with E-state index in [2.05, 4.69) is 4.72 Å². The summed E-state index contributed by atoms with van der Waals surface area (Å²) in [5.74, 6) is -0.654. The average molecular weight is 352 g/mol. The molecule has 8 heteroatoms. The van der Waals surface area contributed by atoms with Crippen LogP contribution in [0, 0.1) is 5.82 Å². The summed E-state index contributed by atoms with van der Waals surface area (Å²) in [6.45, 7) is 2.36. The molecule has 2 aromatic carbocycles. The van der Waals surface area contributed by atoms with Gasteiger partial charge in [0.15, 0.2) is 0 Å². The van der Waals surface area contributed by atoms with Crippen LogP contribution in [0.15, 0.2) is 52.2 Å². The number of aryl methyl sites for hydroxylation is 1. The maximum absolute atomic E-state index is 13.6. The first-order valence-corrected chi connectivity index (χ1v) is 9.13. The predicted molar refractivity (Wildman–Crippen MR) is 89.0 cm³/mol. The quantitative estimate of drug-likeness (QED) is 0.785. The first kappa shape index (κ1) is 15.7. The van der Waals surface area contributed by atoms with Crippen LogP contribution >= 0.6 is 11.3 Å². The number of halogens is 1. The number of nitrogens with one attached hydrogen (secondary N) is 1. The Hall–Kier alpha value is -2.19. The zero-order valence-electron chi connectivity index (χ0n) is 12.1. The number of fused-ring (bicyclic) bond motifs is 1.